The van der Waals surface area contributed by atoms with Gasteiger partial charge >= 0.3 is 30.5 Å². The second-order valence-electron chi connectivity index (χ2n) is 0.513. The molecule has 0 aliphatic rings. The first-order valence-corrected chi connectivity index (χ1v) is 4.07. The van der Waals surface area contributed by atoms with Crippen molar-refractivity contribution < 1.29 is 16.0 Å². The van der Waals surface area contributed by atoms with Crippen molar-refractivity contribution in [1.82, 2.24) is 0 Å². The molecule has 0 bridgehead atoms. The monoisotopic (exact) mass is 163 g/mol. The predicted molar refractivity (Wildman–Crippen MR) is 30.4 cm³/mol. The average molecular weight is 163 g/mol. The molecule has 0 saturated heterocycles. The maximum atomic E-state index is 8.94. The fourth-order valence-electron chi connectivity index (χ4n) is 0. The van der Waals surface area contributed by atoms with Crippen LogP contribution in [0.2, 0.25) is 0 Å². The van der Waals surface area contributed by atoms with Gasteiger partial charge in [-0.1, -0.05) is 0 Å². The van der Waals surface area contributed by atoms with E-state index < -0.39 is 14.5 Å². The SMILES string of the molecule is O=[As](O)(O)O.[Li].[Li].[Li]. The fraction of sp³-hybridized carbons (Fsp3) is 0. The molecule has 0 aromatic carbocycles. The van der Waals surface area contributed by atoms with Crippen molar-refractivity contribution in [3.05, 3.63) is 0 Å². The van der Waals surface area contributed by atoms with E-state index in [2.05, 4.69) is 0 Å². The zero-order valence-corrected chi connectivity index (χ0v) is 7.07. The quantitative estimate of drug-likeness (QED) is 0.326. The Labute approximate surface area is 86.3 Å². The van der Waals surface area contributed by atoms with Crippen molar-refractivity contribution in [1.29, 1.82) is 0 Å². The molecule has 3 N–H and O–H groups in total. The van der Waals surface area contributed by atoms with Gasteiger partial charge in [0, 0.05) is 56.6 Å². The summed E-state index contributed by atoms with van der Waals surface area (Å²) >= 11 is -5.12. The van der Waals surface area contributed by atoms with Crippen LogP contribution in [-0.4, -0.2) is 83.4 Å². The Kier molecular flexibility index (Phi) is 25.4. The van der Waals surface area contributed by atoms with Gasteiger partial charge in [0.1, 0.15) is 0 Å². The average Bonchev–Trinajstić information content (AvgIpc) is 0.722. The minimum absolute atomic E-state index is 0. The molecular weight excluding hydrogens is 160 g/mol. The molecule has 0 aromatic rings. The van der Waals surface area contributed by atoms with Crippen LogP contribution in [0.5, 0.6) is 0 Å². The third-order valence-electron chi connectivity index (χ3n) is 0. The zero-order valence-electron chi connectivity index (χ0n) is 5.20. The molecule has 0 fully saturated rings. The molecule has 0 unspecified atom stereocenters. The summed E-state index contributed by atoms with van der Waals surface area (Å²) in [7, 11) is 0. The summed E-state index contributed by atoms with van der Waals surface area (Å²) in [5.74, 6) is 0. The van der Waals surface area contributed by atoms with E-state index in [-0.39, 0.29) is 56.6 Å². The third kappa shape index (κ3) is 96.3. The molecule has 8 heavy (non-hydrogen) atoms. The minimum atomic E-state index is -5.12. The standard InChI is InChI=1S/AsH3O4.3Li/c2-1(3,4)5;;;/h(H3,2,3,4,5);;;. The molecule has 35 valence electrons. The summed E-state index contributed by atoms with van der Waals surface area (Å²) in [5, 5.41) is 0. The normalized spacial score (nSPS) is 7.38. The summed E-state index contributed by atoms with van der Waals surface area (Å²) in [6, 6.07) is 0. The molecule has 0 spiro atoms. The van der Waals surface area contributed by atoms with Gasteiger partial charge in [0.15, 0.2) is 0 Å². The van der Waals surface area contributed by atoms with Crippen LogP contribution in [0.3, 0.4) is 0 Å². The molecule has 0 aliphatic carbocycles. The Morgan fingerprint density at radius 3 is 0.875 bits per heavy atom. The summed E-state index contributed by atoms with van der Waals surface area (Å²) in [4.78, 5) is 0. The van der Waals surface area contributed by atoms with Gasteiger partial charge in [0.25, 0.3) is 0 Å². The maximum absolute atomic E-state index is 8.94. The molecule has 0 aliphatic heterocycles. The molecule has 0 atom stereocenters. The Hall–Kier alpha value is 2.03. The fourth-order valence-corrected chi connectivity index (χ4v) is 0. The van der Waals surface area contributed by atoms with Crippen LogP contribution in [0.1, 0.15) is 0 Å². The van der Waals surface area contributed by atoms with E-state index in [9.17, 15) is 0 Å². The van der Waals surface area contributed by atoms with Crippen molar-refractivity contribution in [2.45, 2.75) is 0 Å². The molecular formula is H3AsLi3O4. The van der Waals surface area contributed by atoms with E-state index >= 15 is 0 Å². The zero-order chi connectivity index (χ0) is 4.50. The first-order valence-electron chi connectivity index (χ1n) is 0.783. The van der Waals surface area contributed by atoms with Crippen LogP contribution in [0, 0.1) is 0 Å². The van der Waals surface area contributed by atoms with E-state index in [0.717, 1.165) is 0 Å². The second-order valence-corrected chi connectivity index (χ2v) is 2.67. The number of hydrogen-bond acceptors (Lipinski definition) is 1. The molecule has 0 amide bonds. The summed E-state index contributed by atoms with van der Waals surface area (Å²) in [6.45, 7) is 0. The third-order valence-corrected chi connectivity index (χ3v) is 0. The molecule has 8 heteroatoms. The van der Waals surface area contributed by atoms with Crippen LogP contribution < -0.4 is 0 Å². The summed E-state index contributed by atoms with van der Waals surface area (Å²) in [6.07, 6.45) is 0. The Balaban J connectivity index is -0.0000000267. The largest absolute Gasteiger partial charge is 0 e. The molecule has 0 aromatic heterocycles. The second kappa shape index (κ2) is 9.03. The van der Waals surface area contributed by atoms with Crippen molar-refractivity contribution >= 4 is 71.1 Å². The molecule has 0 rings (SSSR count). The molecule has 4 nitrogen and oxygen atoms in total. The van der Waals surface area contributed by atoms with Gasteiger partial charge in [-0.3, -0.25) is 0 Å². The number of rotatable bonds is 0. The molecule has 3 radical (unpaired) electrons. The van der Waals surface area contributed by atoms with E-state index in [4.69, 9.17) is 16.0 Å². The molecule has 0 heterocycles. The van der Waals surface area contributed by atoms with E-state index in [1.54, 1.807) is 0 Å². The first kappa shape index (κ1) is 22.5. The first-order chi connectivity index (χ1) is 2.00. The number of hydrogen-bond donors (Lipinski definition) is 3. The predicted octanol–water partition coefficient (Wildman–Crippen LogP) is -3.31. The van der Waals surface area contributed by atoms with Crippen LogP contribution in [0.15, 0.2) is 0 Å². The van der Waals surface area contributed by atoms with E-state index in [1.165, 1.54) is 0 Å². The topological polar surface area (TPSA) is 77.8 Å². The minimum Gasteiger partial charge on any atom is 0 e. The smallest absolute Gasteiger partial charge is 0 e. The van der Waals surface area contributed by atoms with Gasteiger partial charge in [-0.05, 0) is 0 Å². The van der Waals surface area contributed by atoms with Gasteiger partial charge in [-0.15, -0.1) is 0 Å². The summed E-state index contributed by atoms with van der Waals surface area (Å²) in [5.41, 5.74) is 0. The van der Waals surface area contributed by atoms with Gasteiger partial charge in [-0.2, -0.15) is 0 Å². The van der Waals surface area contributed by atoms with E-state index in [0.29, 0.717) is 0 Å². The Morgan fingerprint density at radius 1 is 0.875 bits per heavy atom. The Bertz CT molecular complexity index is 57.4. The maximum Gasteiger partial charge on any atom is 0 e. The van der Waals surface area contributed by atoms with Crippen LogP contribution in [0.4, 0.5) is 0 Å². The van der Waals surface area contributed by atoms with Gasteiger partial charge in [0.2, 0.25) is 0 Å². The van der Waals surface area contributed by atoms with Crippen molar-refractivity contribution in [2.24, 2.45) is 0 Å². The van der Waals surface area contributed by atoms with Crippen molar-refractivity contribution in [2.75, 3.05) is 0 Å². The van der Waals surface area contributed by atoms with Crippen LogP contribution in [-0.2, 0) is 3.74 Å². The van der Waals surface area contributed by atoms with Gasteiger partial charge in [-0.25, -0.2) is 0 Å². The van der Waals surface area contributed by atoms with Crippen LogP contribution in [0.25, 0.3) is 0 Å². The Morgan fingerprint density at radius 2 is 0.875 bits per heavy atom. The van der Waals surface area contributed by atoms with E-state index in [1.807, 2.05) is 0 Å². The van der Waals surface area contributed by atoms with Crippen molar-refractivity contribution in [3.63, 3.8) is 0 Å². The van der Waals surface area contributed by atoms with Gasteiger partial charge < -0.3 is 0 Å². The van der Waals surface area contributed by atoms with Crippen molar-refractivity contribution in [3.8, 4) is 0 Å². The van der Waals surface area contributed by atoms with Gasteiger partial charge in [0.05, 0.1) is 0 Å². The molecule has 0 saturated carbocycles. The van der Waals surface area contributed by atoms with Crippen LogP contribution >= 0.6 is 0 Å². The summed E-state index contributed by atoms with van der Waals surface area (Å²) < 4.78 is 30.7.